The number of rotatable bonds is 1. The van der Waals surface area contributed by atoms with Crippen molar-refractivity contribution in [2.75, 3.05) is 5.32 Å². The summed E-state index contributed by atoms with van der Waals surface area (Å²) in [5.74, 6) is 0.947. The number of aliphatic imine (C=N–C) groups is 1. The summed E-state index contributed by atoms with van der Waals surface area (Å²) in [5, 5.41) is 6.88. The first kappa shape index (κ1) is 12.5. The van der Waals surface area contributed by atoms with Gasteiger partial charge in [0.2, 0.25) is 0 Å². The van der Waals surface area contributed by atoms with Gasteiger partial charge in [0, 0.05) is 11.7 Å². The van der Waals surface area contributed by atoms with Crippen molar-refractivity contribution in [3.05, 3.63) is 29.8 Å². The Morgan fingerprint density at radius 2 is 1.89 bits per heavy atom. The minimum absolute atomic E-state index is 0.207. The Balaban J connectivity index is 1.70. The van der Waals surface area contributed by atoms with Crippen molar-refractivity contribution in [3.8, 4) is 0 Å². The Kier molecular flexibility index (Phi) is 3.00. The summed E-state index contributed by atoms with van der Waals surface area (Å²) in [4.78, 5) is 4.70. The summed E-state index contributed by atoms with van der Waals surface area (Å²) < 4.78 is 0. The molecule has 2 N–H and O–H groups in total. The minimum Gasteiger partial charge on any atom is -0.353 e. The van der Waals surface area contributed by atoms with E-state index in [1.807, 2.05) is 0 Å². The van der Waals surface area contributed by atoms with Crippen LogP contribution >= 0.6 is 0 Å². The Morgan fingerprint density at radius 1 is 1.16 bits per heavy atom. The molecule has 0 amide bonds. The fourth-order valence-electron chi connectivity index (χ4n) is 2.88. The largest absolute Gasteiger partial charge is 0.353 e. The fourth-order valence-corrected chi connectivity index (χ4v) is 2.88. The molecule has 19 heavy (non-hydrogen) atoms. The summed E-state index contributed by atoms with van der Waals surface area (Å²) >= 11 is 0. The maximum absolute atomic E-state index is 4.70. The lowest BCUT2D eigenvalue weighted by Crippen LogP contribution is -2.41. The highest BCUT2D eigenvalue weighted by molar-refractivity contribution is 5.94. The van der Waals surface area contributed by atoms with E-state index in [-0.39, 0.29) is 5.41 Å². The summed E-state index contributed by atoms with van der Waals surface area (Å²) in [7, 11) is 0. The fraction of sp³-hybridized carbons (Fsp3) is 0.562. The molecule has 3 heteroatoms. The third-order valence-electron chi connectivity index (χ3n) is 4.07. The molecule has 0 radical (unpaired) electrons. The quantitative estimate of drug-likeness (QED) is 0.810. The zero-order valence-corrected chi connectivity index (χ0v) is 12.0. The highest BCUT2D eigenvalue weighted by Gasteiger charge is 2.29. The van der Waals surface area contributed by atoms with Gasteiger partial charge in [-0.1, -0.05) is 32.9 Å². The van der Waals surface area contributed by atoms with Crippen LogP contribution in [0.2, 0.25) is 0 Å². The van der Waals surface area contributed by atoms with E-state index in [0.717, 1.165) is 11.6 Å². The zero-order chi connectivity index (χ0) is 13.5. The van der Waals surface area contributed by atoms with Crippen molar-refractivity contribution in [2.45, 2.75) is 57.5 Å². The normalized spacial score (nSPS) is 25.7. The average molecular weight is 257 g/mol. The first-order chi connectivity index (χ1) is 9.00. The molecule has 1 aliphatic carbocycles. The third-order valence-corrected chi connectivity index (χ3v) is 4.07. The Bertz CT molecular complexity index is 482. The van der Waals surface area contributed by atoms with Gasteiger partial charge < -0.3 is 10.6 Å². The van der Waals surface area contributed by atoms with Crippen molar-refractivity contribution >= 4 is 11.6 Å². The van der Waals surface area contributed by atoms with Gasteiger partial charge in [0.1, 0.15) is 0 Å². The van der Waals surface area contributed by atoms with E-state index >= 15 is 0 Å². The predicted octanol–water partition coefficient (Wildman–Crippen LogP) is 3.28. The van der Waals surface area contributed by atoms with Gasteiger partial charge in [0.25, 0.3) is 0 Å². The molecule has 1 aliphatic heterocycles. The number of guanidine groups is 1. The maximum Gasteiger partial charge on any atom is 0.196 e. The maximum atomic E-state index is 4.70. The molecule has 1 heterocycles. The zero-order valence-electron chi connectivity index (χ0n) is 12.0. The molecule has 2 bridgehead atoms. The molecule has 0 spiro atoms. The van der Waals surface area contributed by atoms with E-state index in [4.69, 9.17) is 4.99 Å². The van der Waals surface area contributed by atoms with Gasteiger partial charge in [-0.25, -0.2) is 4.99 Å². The van der Waals surface area contributed by atoms with E-state index in [2.05, 4.69) is 55.7 Å². The van der Waals surface area contributed by atoms with Crippen LogP contribution in [0.5, 0.6) is 0 Å². The first-order valence-electron chi connectivity index (χ1n) is 7.22. The van der Waals surface area contributed by atoms with Crippen LogP contribution in [-0.2, 0) is 5.41 Å². The molecule has 1 aromatic rings. The molecule has 2 atom stereocenters. The topological polar surface area (TPSA) is 36.4 Å². The van der Waals surface area contributed by atoms with Gasteiger partial charge in [0.05, 0.1) is 6.04 Å². The summed E-state index contributed by atoms with van der Waals surface area (Å²) in [6.45, 7) is 6.71. The predicted molar refractivity (Wildman–Crippen MR) is 80.8 cm³/mol. The molecule has 2 unspecified atom stereocenters. The summed E-state index contributed by atoms with van der Waals surface area (Å²) in [6.07, 6.45) is 3.68. The monoisotopic (exact) mass is 257 g/mol. The SMILES string of the molecule is CC(C)(C)c1ccc(NC2=NC3CCC(C3)N2)cc1. The second-order valence-electron chi connectivity index (χ2n) is 6.74. The number of benzene rings is 1. The van der Waals surface area contributed by atoms with Crippen LogP contribution < -0.4 is 10.6 Å². The number of nitrogens with zero attached hydrogens (tertiary/aromatic N) is 1. The summed E-state index contributed by atoms with van der Waals surface area (Å²) in [5.41, 5.74) is 2.68. The first-order valence-corrected chi connectivity index (χ1v) is 7.22. The number of fused-ring (bicyclic) bond motifs is 2. The van der Waals surface area contributed by atoms with E-state index in [9.17, 15) is 0 Å². The van der Waals surface area contributed by atoms with Gasteiger partial charge >= 0.3 is 0 Å². The van der Waals surface area contributed by atoms with Crippen LogP contribution in [-0.4, -0.2) is 18.0 Å². The number of hydrogen-bond acceptors (Lipinski definition) is 3. The van der Waals surface area contributed by atoms with Crippen LogP contribution in [0, 0.1) is 0 Å². The van der Waals surface area contributed by atoms with Crippen LogP contribution in [0.1, 0.15) is 45.6 Å². The molecule has 3 nitrogen and oxygen atoms in total. The van der Waals surface area contributed by atoms with E-state index in [0.29, 0.717) is 12.1 Å². The van der Waals surface area contributed by atoms with Gasteiger partial charge in [-0.05, 0) is 42.4 Å². The third kappa shape index (κ3) is 2.75. The second-order valence-corrected chi connectivity index (χ2v) is 6.74. The van der Waals surface area contributed by atoms with Gasteiger partial charge in [-0.2, -0.15) is 0 Å². The number of nitrogens with one attached hydrogen (secondary N) is 2. The van der Waals surface area contributed by atoms with Gasteiger partial charge in [-0.3, -0.25) is 0 Å². The van der Waals surface area contributed by atoms with Crippen molar-refractivity contribution in [1.82, 2.24) is 5.32 Å². The minimum atomic E-state index is 0.207. The van der Waals surface area contributed by atoms with Crippen molar-refractivity contribution in [2.24, 2.45) is 4.99 Å². The molecule has 102 valence electrons. The molecular formula is C16H23N3. The van der Waals surface area contributed by atoms with Gasteiger partial charge in [-0.15, -0.1) is 0 Å². The van der Waals surface area contributed by atoms with E-state index in [1.54, 1.807) is 0 Å². The molecule has 1 aromatic carbocycles. The average Bonchev–Trinajstić information content (AvgIpc) is 2.68. The molecule has 3 rings (SSSR count). The lowest BCUT2D eigenvalue weighted by molar-refractivity contribution is 0.582. The van der Waals surface area contributed by atoms with Crippen LogP contribution in [0.15, 0.2) is 29.3 Å². The molecule has 0 aromatic heterocycles. The number of hydrogen-bond donors (Lipinski definition) is 2. The molecule has 1 saturated carbocycles. The summed E-state index contributed by atoms with van der Waals surface area (Å²) in [6, 6.07) is 9.82. The highest BCUT2D eigenvalue weighted by atomic mass is 15.2. The lowest BCUT2D eigenvalue weighted by Gasteiger charge is -2.23. The van der Waals surface area contributed by atoms with Crippen molar-refractivity contribution < 1.29 is 0 Å². The van der Waals surface area contributed by atoms with Crippen molar-refractivity contribution in [1.29, 1.82) is 0 Å². The highest BCUT2D eigenvalue weighted by Crippen LogP contribution is 2.26. The van der Waals surface area contributed by atoms with Gasteiger partial charge in [0.15, 0.2) is 5.96 Å². The van der Waals surface area contributed by atoms with Crippen LogP contribution in [0.25, 0.3) is 0 Å². The van der Waals surface area contributed by atoms with Crippen LogP contribution in [0.4, 0.5) is 5.69 Å². The van der Waals surface area contributed by atoms with Crippen molar-refractivity contribution in [3.63, 3.8) is 0 Å². The molecule has 0 saturated heterocycles. The Morgan fingerprint density at radius 3 is 2.53 bits per heavy atom. The second kappa shape index (κ2) is 4.55. The lowest BCUT2D eigenvalue weighted by atomic mass is 9.87. The van der Waals surface area contributed by atoms with E-state index in [1.165, 1.54) is 24.8 Å². The Hall–Kier alpha value is -1.51. The smallest absolute Gasteiger partial charge is 0.196 e. The van der Waals surface area contributed by atoms with E-state index < -0.39 is 0 Å². The molecular weight excluding hydrogens is 234 g/mol. The van der Waals surface area contributed by atoms with Crippen LogP contribution in [0.3, 0.4) is 0 Å². The number of anilines is 1. The molecule has 2 aliphatic rings. The Labute approximate surface area is 115 Å². The molecule has 1 fully saturated rings. The standard InChI is InChI=1S/C16H23N3/c1-16(2,3)11-4-6-12(7-5-11)17-15-18-13-8-9-14(10-13)19-15/h4-7,13-14H,8-10H2,1-3H3,(H2,17,18,19).